The van der Waals surface area contributed by atoms with Gasteiger partial charge in [-0.15, -0.1) is 0 Å². The molecule has 1 N–H and O–H groups in total. The Balaban J connectivity index is 1.37. The molecular formula is C22H20N6O. The van der Waals surface area contributed by atoms with Crippen molar-refractivity contribution in [2.24, 2.45) is 0 Å². The number of nitrogens with one attached hydrogen (secondary N) is 1. The minimum Gasteiger partial charge on any atom is -0.353 e. The summed E-state index contributed by atoms with van der Waals surface area (Å²) in [5, 5.41) is 11.8. The highest BCUT2D eigenvalue weighted by Gasteiger charge is 2.19. The van der Waals surface area contributed by atoms with Gasteiger partial charge in [0, 0.05) is 44.3 Å². The van der Waals surface area contributed by atoms with Crippen LogP contribution in [0.2, 0.25) is 0 Å². The van der Waals surface area contributed by atoms with E-state index in [2.05, 4.69) is 31.2 Å². The zero-order chi connectivity index (χ0) is 20.1. The van der Waals surface area contributed by atoms with Crippen LogP contribution in [0.1, 0.15) is 15.9 Å². The van der Waals surface area contributed by atoms with Crippen molar-refractivity contribution in [3.05, 3.63) is 78.1 Å². The average molecular weight is 384 g/mol. The molecule has 2 aromatic heterocycles. The molecule has 1 aromatic carbocycles. The van der Waals surface area contributed by atoms with Gasteiger partial charge in [-0.2, -0.15) is 5.26 Å². The number of hydrogen-bond donors (Lipinski definition) is 1. The summed E-state index contributed by atoms with van der Waals surface area (Å²) in [7, 11) is 0. The summed E-state index contributed by atoms with van der Waals surface area (Å²) >= 11 is 0. The Bertz CT molecular complexity index is 1020. The van der Waals surface area contributed by atoms with E-state index in [0.717, 1.165) is 37.8 Å². The smallest absolute Gasteiger partial charge is 0.257 e. The molecular weight excluding hydrogens is 364 g/mol. The fourth-order valence-corrected chi connectivity index (χ4v) is 3.28. The number of carbonyl (C=O) groups excluding carboxylic acids is 1. The van der Waals surface area contributed by atoms with E-state index in [1.807, 2.05) is 30.5 Å². The molecule has 0 saturated carbocycles. The van der Waals surface area contributed by atoms with Crippen molar-refractivity contribution in [1.82, 2.24) is 9.97 Å². The van der Waals surface area contributed by atoms with E-state index in [9.17, 15) is 4.79 Å². The minimum atomic E-state index is -0.251. The first-order chi connectivity index (χ1) is 14.2. The van der Waals surface area contributed by atoms with Gasteiger partial charge in [0.05, 0.1) is 17.2 Å². The first-order valence-corrected chi connectivity index (χ1v) is 9.41. The standard InChI is InChI=1S/C22H20N6O/c23-15-17-4-3-5-19(14-17)26-22(29)18-7-8-21(25-16-18)28-12-10-27(11-13-28)20-6-1-2-9-24-20/h1-9,14,16H,10-13H2,(H,26,29). The molecule has 4 rings (SSSR count). The van der Waals surface area contributed by atoms with E-state index in [1.54, 1.807) is 36.5 Å². The average Bonchev–Trinajstić information content (AvgIpc) is 2.80. The fourth-order valence-electron chi connectivity index (χ4n) is 3.28. The number of rotatable bonds is 4. The van der Waals surface area contributed by atoms with Crippen molar-refractivity contribution >= 4 is 23.2 Å². The molecule has 0 spiro atoms. The summed E-state index contributed by atoms with van der Waals surface area (Å²) in [5.41, 5.74) is 1.56. The van der Waals surface area contributed by atoms with Crippen LogP contribution in [0, 0.1) is 11.3 Å². The van der Waals surface area contributed by atoms with Crippen LogP contribution in [-0.4, -0.2) is 42.1 Å². The molecule has 29 heavy (non-hydrogen) atoms. The molecule has 3 aromatic rings. The van der Waals surface area contributed by atoms with Gasteiger partial charge >= 0.3 is 0 Å². The molecule has 1 aliphatic heterocycles. The number of nitrogens with zero attached hydrogens (tertiary/aromatic N) is 5. The molecule has 0 aliphatic carbocycles. The predicted molar refractivity (Wildman–Crippen MR) is 112 cm³/mol. The highest BCUT2D eigenvalue weighted by atomic mass is 16.1. The first kappa shape index (κ1) is 18.4. The van der Waals surface area contributed by atoms with Gasteiger partial charge in [-0.25, -0.2) is 9.97 Å². The van der Waals surface area contributed by atoms with Crippen LogP contribution < -0.4 is 15.1 Å². The highest BCUT2D eigenvalue weighted by molar-refractivity contribution is 6.04. The van der Waals surface area contributed by atoms with Crippen LogP contribution in [0.4, 0.5) is 17.3 Å². The second-order valence-electron chi connectivity index (χ2n) is 6.71. The summed E-state index contributed by atoms with van der Waals surface area (Å²) in [6.07, 6.45) is 3.40. The lowest BCUT2D eigenvalue weighted by molar-refractivity contribution is 0.102. The molecule has 144 valence electrons. The van der Waals surface area contributed by atoms with Gasteiger partial charge in [-0.05, 0) is 42.5 Å². The Morgan fingerprint density at radius 2 is 1.69 bits per heavy atom. The van der Waals surface area contributed by atoms with Crippen LogP contribution in [-0.2, 0) is 0 Å². The van der Waals surface area contributed by atoms with Gasteiger partial charge in [0.15, 0.2) is 0 Å². The molecule has 1 fully saturated rings. The molecule has 1 amide bonds. The Kier molecular flexibility index (Phi) is 5.34. The molecule has 0 bridgehead atoms. The normalized spacial score (nSPS) is 13.6. The molecule has 0 radical (unpaired) electrons. The van der Waals surface area contributed by atoms with Gasteiger partial charge in [0.1, 0.15) is 11.6 Å². The summed E-state index contributed by atoms with van der Waals surface area (Å²) in [6.45, 7) is 3.43. The molecule has 3 heterocycles. The number of carbonyl (C=O) groups is 1. The number of benzene rings is 1. The second-order valence-corrected chi connectivity index (χ2v) is 6.71. The maximum absolute atomic E-state index is 12.4. The Morgan fingerprint density at radius 1 is 0.931 bits per heavy atom. The Labute approximate surface area is 169 Å². The van der Waals surface area contributed by atoms with Crippen LogP contribution in [0.5, 0.6) is 0 Å². The third-order valence-corrected chi connectivity index (χ3v) is 4.84. The van der Waals surface area contributed by atoms with Crippen molar-refractivity contribution in [3.8, 4) is 6.07 Å². The Hall–Kier alpha value is -3.92. The van der Waals surface area contributed by atoms with E-state index >= 15 is 0 Å². The van der Waals surface area contributed by atoms with Crippen LogP contribution in [0.3, 0.4) is 0 Å². The number of piperazine rings is 1. The molecule has 7 heteroatoms. The maximum Gasteiger partial charge on any atom is 0.257 e. The minimum absolute atomic E-state index is 0.251. The molecule has 1 aliphatic rings. The van der Waals surface area contributed by atoms with Crippen LogP contribution in [0.25, 0.3) is 0 Å². The van der Waals surface area contributed by atoms with Gasteiger partial charge in [-0.3, -0.25) is 4.79 Å². The number of anilines is 3. The SMILES string of the molecule is N#Cc1cccc(NC(=O)c2ccc(N3CCN(c4ccccn4)CC3)nc2)c1. The van der Waals surface area contributed by atoms with Crippen molar-refractivity contribution in [2.45, 2.75) is 0 Å². The lowest BCUT2D eigenvalue weighted by Crippen LogP contribution is -2.47. The second kappa shape index (κ2) is 8.40. The zero-order valence-electron chi connectivity index (χ0n) is 15.8. The Morgan fingerprint density at radius 3 is 2.31 bits per heavy atom. The summed E-state index contributed by atoms with van der Waals surface area (Å²) in [5.74, 6) is 1.60. The van der Waals surface area contributed by atoms with Crippen molar-refractivity contribution in [3.63, 3.8) is 0 Å². The van der Waals surface area contributed by atoms with E-state index in [0.29, 0.717) is 16.8 Å². The summed E-state index contributed by atoms with van der Waals surface area (Å²) < 4.78 is 0. The third kappa shape index (κ3) is 4.33. The predicted octanol–water partition coefficient (Wildman–Crippen LogP) is 2.93. The van der Waals surface area contributed by atoms with Gasteiger partial charge < -0.3 is 15.1 Å². The van der Waals surface area contributed by atoms with E-state index in [-0.39, 0.29) is 5.91 Å². The number of amides is 1. The van der Waals surface area contributed by atoms with Crippen molar-refractivity contribution in [2.75, 3.05) is 41.3 Å². The summed E-state index contributed by atoms with van der Waals surface area (Å²) in [6, 6.07) is 18.5. The van der Waals surface area contributed by atoms with Crippen LogP contribution >= 0.6 is 0 Å². The van der Waals surface area contributed by atoms with Gasteiger partial charge in [-0.1, -0.05) is 12.1 Å². The summed E-state index contributed by atoms with van der Waals surface area (Å²) in [4.78, 5) is 25.8. The topological polar surface area (TPSA) is 85.2 Å². The lowest BCUT2D eigenvalue weighted by atomic mass is 10.2. The van der Waals surface area contributed by atoms with E-state index in [4.69, 9.17) is 5.26 Å². The third-order valence-electron chi connectivity index (χ3n) is 4.84. The van der Waals surface area contributed by atoms with Gasteiger partial charge in [0.25, 0.3) is 5.91 Å². The van der Waals surface area contributed by atoms with E-state index < -0.39 is 0 Å². The largest absolute Gasteiger partial charge is 0.353 e. The number of hydrogen-bond acceptors (Lipinski definition) is 6. The zero-order valence-corrected chi connectivity index (χ0v) is 15.8. The molecule has 0 unspecified atom stereocenters. The molecule has 7 nitrogen and oxygen atoms in total. The monoisotopic (exact) mass is 384 g/mol. The number of pyridine rings is 2. The lowest BCUT2D eigenvalue weighted by Gasteiger charge is -2.36. The highest BCUT2D eigenvalue weighted by Crippen LogP contribution is 2.18. The van der Waals surface area contributed by atoms with Crippen molar-refractivity contribution in [1.29, 1.82) is 5.26 Å². The van der Waals surface area contributed by atoms with Crippen LogP contribution in [0.15, 0.2) is 67.0 Å². The maximum atomic E-state index is 12.4. The van der Waals surface area contributed by atoms with Gasteiger partial charge in [0.2, 0.25) is 0 Å². The van der Waals surface area contributed by atoms with E-state index in [1.165, 1.54) is 0 Å². The molecule has 1 saturated heterocycles. The number of nitriles is 1. The first-order valence-electron chi connectivity index (χ1n) is 9.41. The quantitative estimate of drug-likeness (QED) is 0.744. The fraction of sp³-hybridized carbons (Fsp3) is 0.182. The molecule has 0 atom stereocenters. The van der Waals surface area contributed by atoms with Crippen molar-refractivity contribution < 1.29 is 4.79 Å². The number of aromatic nitrogens is 2.